The number of aromatic nitrogens is 1. The van der Waals surface area contributed by atoms with Crippen LogP contribution in [0.1, 0.15) is 37.8 Å². The average molecular weight is 537 g/mol. The fourth-order valence-corrected chi connectivity index (χ4v) is 5.65. The summed E-state index contributed by atoms with van der Waals surface area (Å²) in [7, 11) is 1.59. The fourth-order valence-electron chi connectivity index (χ4n) is 5.65. The number of benzene rings is 3. The molecule has 2 atom stereocenters. The molecule has 0 radical (unpaired) electrons. The molecule has 4 aromatic rings. The molecule has 1 fully saturated rings. The molecule has 3 aromatic carbocycles. The Kier molecular flexibility index (Phi) is 8.10. The average Bonchev–Trinajstić information content (AvgIpc) is 3.07. The first-order chi connectivity index (χ1) is 19.3. The van der Waals surface area contributed by atoms with Gasteiger partial charge in [-0.25, -0.2) is 0 Å². The summed E-state index contributed by atoms with van der Waals surface area (Å²) in [5, 5.41) is 5.95. The Labute approximate surface area is 235 Å². The van der Waals surface area contributed by atoms with Gasteiger partial charge in [-0.3, -0.25) is 19.4 Å². The zero-order valence-corrected chi connectivity index (χ0v) is 23.3. The highest BCUT2D eigenvalue weighted by atomic mass is 16.2. The van der Waals surface area contributed by atoms with E-state index in [9.17, 15) is 14.4 Å². The quantitative estimate of drug-likeness (QED) is 0.353. The molecule has 5 rings (SSSR count). The molecule has 7 nitrogen and oxygen atoms in total. The highest BCUT2D eigenvalue weighted by Gasteiger charge is 2.41. The second-order valence-electron chi connectivity index (χ2n) is 11.0. The zero-order valence-electron chi connectivity index (χ0n) is 23.3. The molecule has 1 N–H and O–H groups in total. The lowest BCUT2D eigenvalue weighted by molar-refractivity contribution is -0.146. The van der Waals surface area contributed by atoms with Crippen LogP contribution < -0.4 is 5.32 Å². The lowest BCUT2D eigenvalue weighted by Crippen LogP contribution is -2.54. The monoisotopic (exact) mass is 536 g/mol. The largest absolute Gasteiger partial charge is 0.357 e. The van der Waals surface area contributed by atoms with E-state index in [1.54, 1.807) is 23.0 Å². The molecule has 1 aliphatic rings. The summed E-state index contributed by atoms with van der Waals surface area (Å²) < 4.78 is 0. The molecule has 0 saturated carbocycles. The van der Waals surface area contributed by atoms with Crippen molar-refractivity contribution in [1.29, 1.82) is 0 Å². The standard InChI is InChI=1S/C33H36N4O3/c1-22(2)16-30-33(40)36(29(32(39)34-3)19-23-12-13-25-8-4-5-9-26(25)17-23)15-14-31(38)37(30)21-24-18-27-10-6-7-11-28(27)35-20-24/h4-13,17-18,20,22,29-30H,14-16,19,21H2,1-3H3,(H,34,39)/t29-,30+/m1/s1. The van der Waals surface area contributed by atoms with E-state index < -0.39 is 12.1 Å². The molecule has 7 heteroatoms. The van der Waals surface area contributed by atoms with E-state index >= 15 is 0 Å². The maximum absolute atomic E-state index is 14.2. The minimum atomic E-state index is -0.719. The van der Waals surface area contributed by atoms with E-state index in [4.69, 9.17) is 0 Å². The molecular formula is C33H36N4O3. The van der Waals surface area contributed by atoms with Crippen molar-refractivity contribution in [3.8, 4) is 0 Å². The predicted octanol–water partition coefficient (Wildman–Crippen LogP) is 4.72. The van der Waals surface area contributed by atoms with Crippen LogP contribution in [0.25, 0.3) is 21.7 Å². The Hall–Kier alpha value is -4.26. The SMILES string of the molecule is CNC(=O)[C@@H](Cc1ccc2ccccc2c1)N1CCC(=O)N(Cc2cnc3ccccc3c2)[C@@H](CC(C)C)C1=O. The van der Waals surface area contributed by atoms with E-state index in [1.807, 2.05) is 74.5 Å². The lowest BCUT2D eigenvalue weighted by Gasteiger charge is -2.35. The molecule has 0 aliphatic carbocycles. The van der Waals surface area contributed by atoms with Gasteiger partial charge in [-0.1, -0.05) is 74.5 Å². The number of hydrogen-bond donors (Lipinski definition) is 1. The van der Waals surface area contributed by atoms with E-state index in [-0.39, 0.29) is 36.6 Å². The van der Waals surface area contributed by atoms with Crippen LogP contribution in [0.5, 0.6) is 0 Å². The Morgan fingerprint density at radius 1 is 0.950 bits per heavy atom. The summed E-state index contributed by atoms with van der Waals surface area (Å²) in [4.78, 5) is 48.9. The van der Waals surface area contributed by atoms with E-state index in [0.29, 0.717) is 19.4 Å². The number of fused-ring (bicyclic) bond motifs is 2. The number of carbonyl (C=O) groups is 3. The second-order valence-corrected chi connectivity index (χ2v) is 11.0. The van der Waals surface area contributed by atoms with Crippen molar-refractivity contribution in [2.75, 3.05) is 13.6 Å². The third-order valence-corrected chi connectivity index (χ3v) is 7.69. The van der Waals surface area contributed by atoms with E-state index in [2.05, 4.69) is 22.4 Å². The van der Waals surface area contributed by atoms with Gasteiger partial charge in [0.2, 0.25) is 17.7 Å². The molecular weight excluding hydrogens is 500 g/mol. The number of hydrogen-bond acceptors (Lipinski definition) is 4. The van der Waals surface area contributed by atoms with Gasteiger partial charge in [0.1, 0.15) is 12.1 Å². The minimum absolute atomic E-state index is 0.0870. The van der Waals surface area contributed by atoms with Crippen LogP contribution in [-0.4, -0.2) is 58.2 Å². The minimum Gasteiger partial charge on any atom is -0.357 e. The van der Waals surface area contributed by atoms with E-state index in [1.165, 1.54) is 0 Å². The van der Waals surface area contributed by atoms with Crippen molar-refractivity contribution in [3.63, 3.8) is 0 Å². The van der Waals surface area contributed by atoms with Gasteiger partial charge in [-0.15, -0.1) is 0 Å². The number of amides is 3. The van der Waals surface area contributed by atoms with E-state index in [0.717, 1.165) is 32.8 Å². The van der Waals surface area contributed by atoms with Gasteiger partial charge in [0.15, 0.2) is 0 Å². The van der Waals surface area contributed by atoms with Crippen molar-refractivity contribution in [2.45, 2.75) is 51.7 Å². The van der Waals surface area contributed by atoms with Crippen molar-refractivity contribution >= 4 is 39.4 Å². The van der Waals surface area contributed by atoms with Gasteiger partial charge in [-0.2, -0.15) is 0 Å². The van der Waals surface area contributed by atoms with Gasteiger partial charge >= 0.3 is 0 Å². The second kappa shape index (κ2) is 11.9. The molecule has 2 heterocycles. The van der Waals surface area contributed by atoms with Crippen molar-refractivity contribution in [3.05, 3.63) is 90.1 Å². The summed E-state index contributed by atoms with van der Waals surface area (Å²) >= 11 is 0. The van der Waals surface area contributed by atoms with Crippen LogP contribution in [-0.2, 0) is 27.3 Å². The topological polar surface area (TPSA) is 82.6 Å². The van der Waals surface area contributed by atoms with Crippen molar-refractivity contribution < 1.29 is 14.4 Å². The zero-order chi connectivity index (χ0) is 28.2. The Morgan fingerprint density at radius 3 is 2.40 bits per heavy atom. The molecule has 0 bridgehead atoms. The predicted molar refractivity (Wildman–Crippen MR) is 157 cm³/mol. The highest BCUT2D eigenvalue weighted by Crippen LogP contribution is 2.26. The summed E-state index contributed by atoms with van der Waals surface area (Å²) in [6.07, 6.45) is 2.82. The molecule has 0 spiro atoms. The Balaban J connectivity index is 1.46. The van der Waals surface area contributed by atoms with Crippen LogP contribution in [0, 0.1) is 5.92 Å². The summed E-state index contributed by atoms with van der Waals surface area (Å²) in [6, 6.07) is 22.7. The normalized spacial score (nSPS) is 16.9. The fraction of sp³-hybridized carbons (Fsp3) is 0.333. The first-order valence-corrected chi connectivity index (χ1v) is 14.0. The number of rotatable bonds is 8. The third-order valence-electron chi connectivity index (χ3n) is 7.69. The Bertz CT molecular complexity index is 1550. The van der Waals surface area contributed by atoms with Crippen LogP contribution in [0.15, 0.2) is 79.0 Å². The summed E-state index contributed by atoms with van der Waals surface area (Å²) in [5.41, 5.74) is 2.73. The molecule has 1 saturated heterocycles. The first kappa shape index (κ1) is 27.3. The van der Waals surface area contributed by atoms with Gasteiger partial charge in [0, 0.05) is 44.6 Å². The number of carbonyl (C=O) groups excluding carboxylic acids is 3. The lowest BCUT2D eigenvalue weighted by atomic mass is 9.97. The molecule has 1 aromatic heterocycles. The highest BCUT2D eigenvalue weighted by molar-refractivity contribution is 5.94. The van der Waals surface area contributed by atoms with Gasteiger partial charge in [0.05, 0.1) is 5.52 Å². The van der Waals surface area contributed by atoms with Crippen LogP contribution >= 0.6 is 0 Å². The summed E-state index contributed by atoms with van der Waals surface area (Å²) in [5.74, 6) is -0.319. The number of likely N-dealkylation sites (N-methyl/N-ethyl adjacent to an activating group) is 1. The maximum atomic E-state index is 14.2. The summed E-state index contributed by atoms with van der Waals surface area (Å²) in [6.45, 7) is 4.59. The van der Waals surface area contributed by atoms with Gasteiger partial charge in [0.25, 0.3) is 0 Å². The third kappa shape index (κ3) is 5.83. The number of nitrogens with one attached hydrogen (secondary N) is 1. The molecule has 206 valence electrons. The smallest absolute Gasteiger partial charge is 0.246 e. The number of nitrogens with zero attached hydrogens (tertiary/aromatic N) is 3. The molecule has 1 aliphatic heterocycles. The molecule has 3 amide bonds. The van der Waals surface area contributed by atoms with Crippen LogP contribution in [0.2, 0.25) is 0 Å². The first-order valence-electron chi connectivity index (χ1n) is 14.0. The van der Waals surface area contributed by atoms with Gasteiger partial charge < -0.3 is 15.1 Å². The van der Waals surface area contributed by atoms with Crippen LogP contribution in [0.3, 0.4) is 0 Å². The van der Waals surface area contributed by atoms with Gasteiger partial charge in [-0.05, 0) is 46.4 Å². The maximum Gasteiger partial charge on any atom is 0.246 e. The molecule has 40 heavy (non-hydrogen) atoms. The van der Waals surface area contributed by atoms with Crippen LogP contribution in [0.4, 0.5) is 0 Å². The van der Waals surface area contributed by atoms with Crippen molar-refractivity contribution in [2.24, 2.45) is 5.92 Å². The van der Waals surface area contributed by atoms with Crippen molar-refractivity contribution in [1.82, 2.24) is 20.1 Å². The molecule has 0 unspecified atom stereocenters. The Morgan fingerprint density at radius 2 is 1.65 bits per heavy atom. The number of para-hydroxylation sites is 1. The number of pyridine rings is 1.